The fraction of sp³-hybridized carbons (Fsp3) is 0.182. The summed E-state index contributed by atoms with van der Waals surface area (Å²) in [5.74, 6) is 0.754. The van der Waals surface area contributed by atoms with Crippen LogP contribution in [0.3, 0.4) is 0 Å². The van der Waals surface area contributed by atoms with Crippen molar-refractivity contribution in [1.29, 1.82) is 0 Å². The van der Waals surface area contributed by atoms with Crippen molar-refractivity contribution in [3.63, 3.8) is 0 Å². The zero-order valence-corrected chi connectivity index (χ0v) is 8.38. The van der Waals surface area contributed by atoms with Gasteiger partial charge in [0.05, 0.1) is 0 Å². The quantitative estimate of drug-likeness (QED) is 0.684. The molecule has 2 heteroatoms. The smallest absolute Gasteiger partial charge is 0.219 e. The van der Waals surface area contributed by atoms with Gasteiger partial charge in [0.2, 0.25) is 5.12 Å². The Hall–Kier alpha value is -1.02. The van der Waals surface area contributed by atoms with Crippen LogP contribution in [0.5, 0.6) is 0 Å². The van der Waals surface area contributed by atoms with Crippen molar-refractivity contribution in [3.05, 3.63) is 48.0 Å². The van der Waals surface area contributed by atoms with Gasteiger partial charge >= 0.3 is 0 Å². The molecule has 13 heavy (non-hydrogen) atoms. The molecular weight excluding hydrogens is 180 g/mol. The van der Waals surface area contributed by atoms with Gasteiger partial charge in [-0.25, -0.2) is 0 Å². The van der Waals surface area contributed by atoms with E-state index in [4.69, 9.17) is 0 Å². The summed E-state index contributed by atoms with van der Waals surface area (Å²) in [4.78, 5) is 11.4. The summed E-state index contributed by atoms with van der Waals surface area (Å²) < 4.78 is 0. The Morgan fingerprint density at radius 1 is 1.38 bits per heavy atom. The Morgan fingerprint density at radius 3 is 2.69 bits per heavy atom. The van der Waals surface area contributed by atoms with Gasteiger partial charge in [0, 0.05) is 11.3 Å². The summed E-state index contributed by atoms with van der Waals surface area (Å²) >= 11 is 1.33. The van der Waals surface area contributed by atoms with Crippen LogP contribution in [0.1, 0.15) is 17.3 Å². The zero-order chi connectivity index (χ0) is 9.52. The predicted molar refractivity (Wildman–Crippen MR) is 58.0 cm³/mol. The average molecular weight is 192 g/mol. The van der Waals surface area contributed by atoms with Crippen molar-refractivity contribution in [2.45, 2.75) is 6.92 Å². The first-order chi connectivity index (χ1) is 6.34. The third-order valence-electron chi connectivity index (χ3n) is 1.56. The Kier molecular flexibility index (Phi) is 4.33. The molecule has 1 aromatic rings. The van der Waals surface area contributed by atoms with Crippen LogP contribution >= 0.6 is 11.8 Å². The molecule has 0 heterocycles. The molecule has 1 nitrogen and oxygen atoms in total. The van der Waals surface area contributed by atoms with Crippen LogP contribution in [0, 0.1) is 0 Å². The van der Waals surface area contributed by atoms with Crippen LogP contribution < -0.4 is 0 Å². The second-order valence-electron chi connectivity index (χ2n) is 2.53. The van der Waals surface area contributed by atoms with Crippen molar-refractivity contribution in [2.75, 3.05) is 5.75 Å². The molecule has 0 amide bonds. The maximum atomic E-state index is 11.4. The fourth-order valence-corrected chi connectivity index (χ4v) is 1.62. The molecule has 1 rings (SSSR count). The monoisotopic (exact) mass is 192 g/mol. The van der Waals surface area contributed by atoms with Crippen LogP contribution in [0.2, 0.25) is 0 Å². The molecule has 1 aromatic carbocycles. The molecule has 0 atom stereocenters. The Balaban J connectivity index is 2.49. The second kappa shape index (κ2) is 5.60. The minimum atomic E-state index is 0.138. The maximum absolute atomic E-state index is 11.4. The van der Waals surface area contributed by atoms with Gasteiger partial charge in [-0.2, -0.15) is 0 Å². The normalized spacial score (nSPS) is 10.5. The van der Waals surface area contributed by atoms with E-state index in [-0.39, 0.29) is 5.12 Å². The van der Waals surface area contributed by atoms with Gasteiger partial charge in [-0.15, -0.1) is 0 Å². The average Bonchev–Trinajstić information content (AvgIpc) is 2.19. The molecule has 0 N–H and O–H groups in total. The first kappa shape index (κ1) is 10.1. The lowest BCUT2D eigenvalue weighted by Gasteiger charge is -1.96. The molecule has 0 radical (unpaired) electrons. The lowest BCUT2D eigenvalue weighted by Crippen LogP contribution is -1.92. The maximum Gasteiger partial charge on any atom is 0.219 e. The summed E-state index contributed by atoms with van der Waals surface area (Å²) in [7, 11) is 0. The number of thioether (sulfide) groups is 1. The number of benzene rings is 1. The Labute approximate surface area is 82.9 Å². The SMILES string of the molecule is C/C=C/CSC(=O)c1ccccc1. The lowest BCUT2D eigenvalue weighted by molar-refractivity contribution is 0.108. The van der Waals surface area contributed by atoms with Crippen LogP contribution in [0.25, 0.3) is 0 Å². The van der Waals surface area contributed by atoms with E-state index in [0.29, 0.717) is 0 Å². The van der Waals surface area contributed by atoms with Crippen molar-refractivity contribution < 1.29 is 4.79 Å². The van der Waals surface area contributed by atoms with E-state index in [1.54, 1.807) is 0 Å². The van der Waals surface area contributed by atoms with Crippen molar-refractivity contribution in [3.8, 4) is 0 Å². The molecule has 0 fully saturated rings. The Morgan fingerprint density at radius 2 is 2.08 bits per heavy atom. The minimum absolute atomic E-state index is 0.138. The topological polar surface area (TPSA) is 17.1 Å². The van der Waals surface area contributed by atoms with Crippen LogP contribution in [-0.2, 0) is 0 Å². The van der Waals surface area contributed by atoms with Gasteiger partial charge in [0.1, 0.15) is 0 Å². The van der Waals surface area contributed by atoms with Crippen LogP contribution in [-0.4, -0.2) is 10.9 Å². The number of rotatable bonds is 3. The first-order valence-corrected chi connectivity index (χ1v) is 5.16. The van der Waals surface area contributed by atoms with E-state index in [9.17, 15) is 4.79 Å². The van der Waals surface area contributed by atoms with E-state index >= 15 is 0 Å². The van der Waals surface area contributed by atoms with E-state index in [0.717, 1.165) is 11.3 Å². The minimum Gasteiger partial charge on any atom is -0.282 e. The number of hydrogen-bond donors (Lipinski definition) is 0. The molecule has 0 bridgehead atoms. The standard InChI is InChI=1S/C11H12OS/c1-2-3-9-13-11(12)10-7-5-4-6-8-10/h2-8H,9H2,1H3/b3-2+. The van der Waals surface area contributed by atoms with Gasteiger partial charge in [-0.05, 0) is 6.92 Å². The van der Waals surface area contributed by atoms with E-state index in [1.165, 1.54) is 11.8 Å². The molecule has 68 valence electrons. The summed E-state index contributed by atoms with van der Waals surface area (Å²) in [5, 5.41) is 0.138. The van der Waals surface area contributed by atoms with Gasteiger partial charge < -0.3 is 0 Å². The molecular formula is C11H12OS. The molecule has 0 aliphatic carbocycles. The molecule has 0 aliphatic heterocycles. The summed E-state index contributed by atoms with van der Waals surface area (Å²) in [6, 6.07) is 9.34. The fourth-order valence-electron chi connectivity index (χ4n) is 0.878. The van der Waals surface area contributed by atoms with Gasteiger partial charge in [0.15, 0.2) is 0 Å². The Bertz CT molecular complexity index is 290. The molecule has 0 saturated carbocycles. The van der Waals surface area contributed by atoms with Crippen molar-refractivity contribution in [1.82, 2.24) is 0 Å². The van der Waals surface area contributed by atoms with Gasteiger partial charge in [0.25, 0.3) is 0 Å². The third kappa shape index (κ3) is 3.47. The van der Waals surface area contributed by atoms with E-state index in [1.807, 2.05) is 49.4 Å². The largest absolute Gasteiger partial charge is 0.282 e. The van der Waals surface area contributed by atoms with Crippen molar-refractivity contribution in [2.24, 2.45) is 0 Å². The second-order valence-corrected chi connectivity index (χ2v) is 3.53. The summed E-state index contributed by atoms with van der Waals surface area (Å²) in [6.07, 6.45) is 3.93. The highest BCUT2D eigenvalue weighted by molar-refractivity contribution is 8.14. The van der Waals surface area contributed by atoms with Crippen LogP contribution in [0.15, 0.2) is 42.5 Å². The third-order valence-corrected chi connectivity index (χ3v) is 2.41. The van der Waals surface area contributed by atoms with Crippen molar-refractivity contribution >= 4 is 16.9 Å². The summed E-state index contributed by atoms with van der Waals surface area (Å²) in [6.45, 7) is 1.95. The molecule has 0 aliphatic rings. The molecule has 0 saturated heterocycles. The zero-order valence-electron chi connectivity index (χ0n) is 7.57. The highest BCUT2D eigenvalue weighted by Crippen LogP contribution is 2.11. The van der Waals surface area contributed by atoms with E-state index < -0.39 is 0 Å². The summed E-state index contributed by atoms with van der Waals surface area (Å²) in [5.41, 5.74) is 0.775. The molecule has 0 aromatic heterocycles. The highest BCUT2D eigenvalue weighted by atomic mass is 32.2. The lowest BCUT2D eigenvalue weighted by atomic mass is 10.2. The van der Waals surface area contributed by atoms with Gasteiger partial charge in [-0.3, -0.25) is 4.79 Å². The van der Waals surface area contributed by atoms with Crippen LogP contribution in [0.4, 0.5) is 0 Å². The van der Waals surface area contributed by atoms with E-state index in [2.05, 4.69) is 0 Å². The number of carbonyl (C=O) groups excluding carboxylic acids is 1. The highest BCUT2D eigenvalue weighted by Gasteiger charge is 2.02. The first-order valence-electron chi connectivity index (χ1n) is 4.18. The van der Waals surface area contributed by atoms with Gasteiger partial charge in [-0.1, -0.05) is 54.2 Å². The number of carbonyl (C=O) groups is 1. The predicted octanol–water partition coefficient (Wildman–Crippen LogP) is 3.14. The number of hydrogen-bond acceptors (Lipinski definition) is 2. The molecule has 0 spiro atoms. The number of allylic oxidation sites excluding steroid dienone is 1. The molecule has 0 unspecified atom stereocenters.